The molecule has 0 bridgehead atoms. The zero-order valence-electron chi connectivity index (χ0n) is 19.5. The Hall–Kier alpha value is -2.40. The van der Waals surface area contributed by atoms with Crippen LogP contribution in [0.3, 0.4) is 0 Å². The molecule has 0 amide bonds. The predicted molar refractivity (Wildman–Crippen MR) is 107 cm³/mol. The van der Waals surface area contributed by atoms with Crippen molar-refractivity contribution in [2.75, 3.05) is 19.8 Å². The zero-order chi connectivity index (χ0) is 26.5. The molecule has 2 heterocycles. The number of esters is 4. The molecule has 0 aliphatic carbocycles. The van der Waals surface area contributed by atoms with Crippen LogP contribution in [-0.4, -0.2) is 119 Å². The van der Waals surface area contributed by atoms with E-state index in [1.54, 1.807) is 0 Å². The Balaban J connectivity index is 2.51. The molecule has 2 unspecified atom stereocenters. The third-order valence-electron chi connectivity index (χ3n) is 5.17. The molecule has 2 saturated heterocycles. The summed E-state index contributed by atoms with van der Waals surface area (Å²) in [5.74, 6) is -5.71. The van der Waals surface area contributed by atoms with Crippen LogP contribution < -0.4 is 0 Å². The number of hydrogen-bond acceptors (Lipinski definition) is 15. The molecule has 9 atom stereocenters. The number of carbonyl (C=O) groups is 4. The summed E-state index contributed by atoms with van der Waals surface area (Å²) in [6, 6.07) is 0. The van der Waals surface area contributed by atoms with E-state index >= 15 is 0 Å². The van der Waals surface area contributed by atoms with Crippen LogP contribution in [0.15, 0.2) is 0 Å². The highest BCUT2D eigenvalue weighted by molar-refractivity contribution is 5.68. The summed E-state index contributed by atoms with van der Waals surface area (Å²) in [5.41, 5.74) is 0. The fraction of sp³-hybridized carbons (Fsp3) is 0.800. The van der Waals surface area contributed by atoms with Gasteiger partial charge in [-0.05, 0) is 0 Å². The fourth-order valence-corrected chi connectivity index (χ4v) is 3.75. The van der Waals surface area contributed by atoms with E-state index in [1.165, 1.54) is 0 Å². The van der Waals surface area contributed by atoms with Crippen LogP contribution in [0.2, 0.25) is 0 Å². The second-order valence-electron chi connectivity index (χ2n) is 7.93. The van der Waals surface area contributed by atoms with Crippen molar-refractivity contribution in [3.63, 3.8) is 0 Å². The summed E-state index contributed by atoms with van der Waals surface area (Å²) in [6.07, 6.45) is -12.8. The molecule has 15 nitrogen and oxygen atoms in total. The van der Waals surface area contributed by atoms with Gasteiger partial charge in [0.05, 0.1) is 6.61 Å². The number of carbonyl (C=O) groups excluding carboxylic acids is 4. The molecule has 2 rings (SSSR count). The van der Waals surface area contributed by atoms with Crippen molar-refractivity contribution in [1.82, 2.24) is 0 Å². The molecular weight excluding hydrogens is 480 g/mol. The average Bonchev–Trinajstić information content (AvgIpc) is 3.00. The number of aliphatic hydroxyl groups excluding tert-OH is 4. The lowest BCUT2D eigenvalue weighted by atomic mass is 9.97. The minimum absolute atomic E-state index is 0.533. The molecule has 4 N–H and O–H groups in total. The predicted octanol–water partition coefficient (Wildman–Crippen LogP) is -3.11. The molecule has 2 aliphatic heterocycles. The second kappa shape index (κ2) is 12.0. The van der Waals surface area contributed by atoms with Gasteiger partial charge in [-0.2, -0.15) is 0 Å². The molecular formula is C20H30O15. The average molecular weight is 510 g/mol. The third-order valence-corrected chi connectivity index (χ3v) is 5.17. The van der Waals surface area contributed by atoms with Crippen LogP contribution >= 0.6 is 0 Å². The largest absolute Gasteiger partial charge is 0.463 e. The van der Waals surface area contributed by atoms with Crippen molar-refractivity contribution in [2.45, 2.75) is 82.5 Å². The van der Waals surface area contributed by atoms with Gasteiger partial charge in [-0.1, -0.05) is 0 Å². The first-order chi connectivity index (χ1) is 16.3. The summed E-state index contributed by atoms with van der Waals surface area (Å²) in [6.45, 7) is 1.86. The first-order valence-corrected chi connectivity index (χ1v) is 10.6. The van der Waals surface area contributed by atoms with E-state index < -0.39 is 98.5 Å². The Kier molecular flexibility index (Phi) is 9.91. The topological polar surface area (TPSA) is 214 Å². The first-order valence-electron chi connectivity index (χ1n) is 10.6. The van der Waals surface area contributed by atoms with Crippen molar-refractivity contribution in [3.05, 3.63) is 0 Å². The van der Waals surface area contributed by atoms with Gasteiger partial charge in [0, 0.05) is 27.7 Å². The van der Waals surface area contributed by atoms with Crippen molar-refractivity contribution < 1.29 is 72.8 Å². The number of rotatable bonds is 9. The molecule has 0 aromatic rings. The Morgan fingerprint density at radius 2 is 1.34 bits per heavy atom. The highest BCUT2D eigenvalue weighted by Crippen LogP contribution is 2.38. The van der Waals surface area contributed by atoms with E-state index in [2.05, 4.69) is 0 Å². The van der Waals surface area contributed by atoms with Crippen molar-refractivity contribution in [2.24, 2.45) is 0 Å². The monoisotopic (exact) mass is 510 g/mol. The number of aliphatic hydroxyl groups is 4. The van der Waals surface area contributed by atoms with Crippen LogP contribution in [0.4, 0.5) is 0 Å². The summed E-state index contributed by atoms with van der Waals surface area (Å²) in [4.78, 5) is 46.9. The summed E-state index contributed by atoms with van der Waals surface area (Å²) < 4.78 is 37.4. The Morgan fingerprint density at radius 1 is 0.800 bits per heavy atom. The minimum atomic E-state index is -2.38. The van der Waals surface area contributed by atoms with Gasteiger partial charge in [-0.25, -0.2) is 0 Å². The van der Waals surface area contributed by atoms with Gasteiger partial charge in [0.15, 0.2) is 18.3 Å². The van der Waals surface area contributed by atoms with Gasteiger partial charge in [-0.3, -0.25) is 19.2 Å². The van der Waals surface area contributed by atoms with E-state index in [-0.39, 0.29) is 0 Å². The molecule has 0 aromatic heterocycles. The van der Waals surface area contributed by atoms with E-state index in [9.17, 15) is 39.6 Å². The normalized spacial score (nSPS) is 36.8. The molecule has 2 aliphatic rings. The minimum Gasteiger partial charge on any atom is -0.463 e. The van der Waals surface area contributed by atoms with Crippen molar-refractivity contribution in [1.29, 1.82) is 0 Å². The van der Waals surface area contributed by atoms with E-state index in [4.69, 9.17) is 33.2 Å². The van der Waals surface area contributed by atoms with Crippen LogP contribution in [-0.2, 0) is 52.3 Å². The lowest BCUT2D eigenvalue weighted by Crippen LogP contribution is -2.65. The van der Waals surface area contributed by atoms with Gasteiger partial charge < -0.3 is 53.6 Å². The maximum Gasteiger partial charge on any atom is 0.303 e. The lowest BCUT2D eigenvalue weighted by molar-refractivity contribution is -0.384. The first kappa shape index (κ1) is 28.8. The Labute approximate surface area is 199 Å². The second-order valence-corrected chi connectivity index (χ2v) is 7.93. The molecule has 0 aromatic carbocycles. The highest BCUT2D eigenvalue weighted by atomic mass is 16.8. The highest BCUT2D eigenvalue weighted by Gasteiger charge is 2.60. The standard InChI is InChI=1S/C20H30O15/c1-8(23)29-6-13-15(30-9(2)24)16(31-10(3)25)17(32-11(4)26)19(33-13)35-20(7-22)18(28)14(27)12(5-21)34-20/h12-19,21-22,27-28H,5-7H2,1-4H3/t12-,13-,14-,15-,16+,17-,18+,19?,20?/m1/s1. The summed E-state index contributed by atoms with van der Waals surface area (Å²) >= 11 is 0. The smallest absolute Gasteiger partial charge is 0.303 e. The zero-order valence-corrected chi connectivity index (χ0v) is 19.5. The summed E-state index contributed by atoms with van der Waals surface area (Å²) in [5, 5.41) is 40.0. The van der Waals surface area contributed by atoms with E-state index in [0.29, 0.717) is 0 Å². The quantitative estimate of drug-likeness (QED) is 0.178. The van der Waals surface area contributed by atoms with Gasteiger partial charge >= 0.3 is 23.9 Å². The molecule has 2 fully saturated rings. The Morgan fingerprint density at radius 3 is 1.80 bits per heavy atom. The maximum absolute atomic E-state index is 11.9. The SMILES string of the molecule is CC(=O)OC[C@H]1OC(OC2(CO)O[C@H](CO)[C@@H](O)[C@@H]2O)[C@H](OC(C)=O)[C@@H](OC(C)=O)[C@@H]1OC(C)=O. The molecule has 0 spiro atoms. The van der Waals surface area contributed by atoms with E-state index in [0.717, 1.165) is 27.7 Å². The molecule has 0 saturated carbocycles. The molecule has 200 valence electrons. The summed E-state index contributed by atoms with van der Waals surface area (Å²) in [7, 11) is 0. The van der Waals surface area contributed by atoms with Crippen molar-refractivity contribution in [3.8, 4) is 0 Å². The fourth-order valence-electron chi connectivity index (χ4n) is 3.75. The van der Waals surface area contributed by atoms with Crippen molar-refractivity contribution >= 4 is 23.9 Å². The Bertz CT molecular complexity index is 786. The molecule has 15 heteroatoms. The lowest BCUT2D eigenvalue weighted by Gasteiger charge is -2.46. The van der Waals surface area contributed by atoms with Gasteiger partial charge in [0.1, 0.15) is 37.6 Å². The van der Waals surface area contributed by atoms with E-state index in [1.807, 2.05) is 0 Å². The van der Waals surface area contributed by atoms with Gasteiger partial charge in [0.25, 0.3) is 0 Å². The van der Waals surface area contributed by atoms with Crippen LogP contribution in [0.5, 0.6) is 0 Å². The third kappa shape index (κ3) is 6.84. The maximum atomic E-state index is 11.9. The van der Waals surface area contributed by atoms with Gasteiger partial charge in [0.2, 0.25) is 12.1 Å². The number of ether oxygens (including phenoxy) is 7. The van der Waals surface area contributed by atoms with Crippen LogP contribution in [0.25, 0.3) is 0 Å². The molecule has 35 heavy (non-hydrogen) atoms. The van der Waals surface area contributed by atoms with Crippen LogP contribution in [0, 0.1) is 0 Å². The van der Waals surface area contributed by atoms with Crippen LogP contribution in [0.1, 0.15) is 27.7 Å². The number of hydrogen-bond donors (Lipinski definition) is 4. The van der Waals surface area contributed by atoms with Gasteiger partial charge in [-0.15, -0.1) is 0 Å². The molecule has 0 radical (unpaired) electrons.